The van der Waals surface area contributed by atoms with Crippen LogP contribution in [0.25, 0.3) is 0 Å². The molecule has 0 aliphatic carbocycles. The predicted octanol–water partition coefficient (Wildman–Crippen LogP) is 2.25. The van der Waals surface area contributed by atoms with Crippen molar-refractivity contribution in [3.05, 3.63) is 74.9 Å². The number of nitrogens with one attached hydrogen (secondary N) is 4. The summed E-state index contributed by atoms with van der Waals surface area (Å²) >= 11 is 3.24. The van der Waals surface area contributed by atoms with Crippen LogP contribution in [0, 0.1) is 10.1 Å². The zero-order chi connectivity index (χ0) is 20.8. The summed E-state index contributed by atoms with van der Waals surface area (Å²) in [6.07, 6.45) is 2.32. The molecule has 3 aromatic rings. The lowest BCUT2D eigenvalue weighted by Crippen LogP contribution is -2.32. The molecule has 1 aromatic carbocycles. The average molecular weight is 462 g/mol. The summed E-state index contributed by atoms with van der Waals surface area (Å²) in [7, 11) is 0. The van der Waals surface area contributed by atoms with Crippen molar-refractivity contribution in [1.29, 1.82) is 0 Å². The van der Waals surface area contributed by atoms with E-state index in [9.17, 15) is 19.7 Å². The second kappa shape index (κ2) is 8.79. The molecule has 4 N–H and O–H groups in total. The number of anilines is 2. The van der Waals surface area contributed by atoms with Crippen LogP contribution in [0.3, 0.4) is 0 Å². The molecule has 12 nitrogen and oxygen atoms in total. The fourth-order valence-electron chi connectivity index (χ4n) is 2.15. The Morgan fingerprint density at radius 1 is 1.00 bits per heavy atom. The molecule has 2 aromatic heterocycles. The highest BCUT2D eigenvalue weighted by atomic mass is 79.9. The molecular formula is C16H12BrN7O5. The Hall–Kier alpha value is -4.00. The van der Waals surface area contributed by atoms with Crippen molar-refractivity contribution >= 4 is 45.1 Å². The van der Waals surface area contributed by atoms with Crippen LogP contribution < -0.4 is 21.7 Å². The smallest absolute Gasteiger partial charge is 0.356 e. The first-order chi connectivity index (χ1) is 14.0. The molecule has 2 heterocycles. The maximum absolute atomic E-state index is 12.3. The molecule has 0 spiro atoms. The van der Waals surface area contributed by atoms with Crippen LogP contribution in [0.4, 0.5) is 17.3 Å². The number of hydrogen-bond donors (Lipinski definition) is 4. The van der Waals surface area contributed by atoms with Gasteiger partial charge in [0.2, 0.25) is 11.6 Å². The van der Waals surface area contributed by atoms with Gasteiger partial charge in [0, 0.05) is 4.47 Å². The fourth-order valence-corrected chi connectivity index (χ4v) is 2.61. The van der Waals surface area contributed by atoms with Crippen LogP contribution in [-0.4, -0.2) is 26.7 Å². The van der Waals surface area contributed by atoms with Crippen LogP contribution in [0.15, 0.2) is 57.9 Å². The van der Waals surface area contributed by atoms with Gasteiger partial charge in [-0.05, 0) is 40.2 Å². The van der Waals surface area contributed by atoms with E-state index in [1.54, 1.807) is 24.3 Å². The van der Waals surface area contributed by atoms with Gasteiger partial charge in [0.25, 0.3) is 5.91 Å². The summed E-state index contributed by atoms with van der Waals surface area (Å²) in [6.45, 7) is 0. The number of amides is 2. The number of hydrogen-bond acceptors (Lipinski definition) is 9. The highest BCUT2D eigenvalue weighted by Gasteiger charge is 2.24. The van der Waals surface area contributed by atoms with E-state index >= 15 is 0 Å². The van der Waals surface area contributed by atoms with E-state index in [1.807, 2.05) is 0 Å². The Morgan fingerprint density at radius 3 is 2.24 bits per heavy atom. The molecule has 0 unspecified atom stereocenters. The summed E-state index contributed by atoms with van der Waals surface area (Å²) in [5.74, 6) is -1.82. The minimum Gasteiger partial charge on any atom is -0.459 e. The highest BCUT2D eigenvalue weighted by molar-refractivity contribution is 9.10. The van der Waals surface area contributed by atoms with Crippen molar-refractivity contribution in [2.45, 2.75) is 0 Å². The topological polar surface area (TPSA) is 164 Å². The lowest BCUT2D eigenvalue weighted by Gasteiger charge is -2.11. The van der Waals surface area contributed by atoms with Gasteiger partial charge in [-0.25, -0.2) is 9.97 Å². The highest BCUT2D eigenvalue weighted by Crippen LogP contribution is 2.28. The van der Waals surface area contributed by atoms with E-state index in [0.717, 1.165) is 6.33 Å². The summed E-state index contributed by atoms with van der Waals surface area (Å²) < 4.78 is 5.46. The first-order valence-corrected chi connectivity index (χ1v) is 8.67. The number of rotatable bonds is 7. The third kappa shape index (κ3) is 4.65. The number of furan rings is 1. The molecule has 0 radical (unpaired) electrons. The minimum absolute atomic E-state index is 0.00624. The second-order valence-electron chi connectivity index (χ2n) is 5.29. The predicted molar refractivity (Wildman–Crippen MR) is 104 cm³/mol. The van der Waals surface area contributed by atoms with Crippen molar-refractivity contribution in [2.75, 3.05) is 10.9 Å². The number of nitro groups is 1. The maximum atomic E-state index is 12.3. The molecule has 0 atom stereocenters. The van der Waals surface area contributed by atoms with Crippen molar-refractivity contribution in [1.82, 2.24) is 20.8 Å². The normalized spacial score (nSPS) is 10.1. The molecule has 0 fully saturated rings. The molecule has 0 saturated carbocycles. The van der Waals surface area contributed by atoms with E-state index in [0.29, 0.717) is 10.0 Å². The van der Waals surface area contributed by atoms with Crippen LogP contribution in [-0.2, 0) is 0 Å². The lowest BCUT2D eigenvalue weighted by atomic mass is 10.2. The minimum atomic E-state index is -0.770. The maximum Gasteiger partial charge on any atom is 0.356 e. The van der Waals surface area contributed by atoms with E-state index in [2.05, 4.69) is 47.6 Å². The van der Waals surface area contributed by atoms with Gasteiger partial charge < -0.3 is 4.42 Å². The second-order valence-corrected chi connectivity index (χ2v) is 6.15. The van der Waals surface area contributed by atoms with Crippen molar-refractivity contribution in [2.24, 2.45) is 0 Å². The fraction of sp³-hybridized carbons (Fsp3) is 0. The Kier molecular flexibility index (Phi) is 5.99. The summed E-state index contributed by atoms with van der Waals surface area (Å²) in [6, 6.07) is 9.56. The monoisotopic (exact) mass is 461 g/mol. The van der Waals surface area contributed by atoms with Crippen molar-refractivity contribution in [3.63, 3.8) is 0 Å². The third-order valence-electron chi connectivity index (χ3n) is 3.46. The molecule has 0 bridgehead atoms. The number of halogens is 1. The van der Waals surface area contributed by atoms with E-state index in [4.69, 9.17) is 4.42 Å². The third-order valence-corrected chi connectivity index (χ3v) is 4.15. The average Bonchev–Trinajstić information content (AvgIpc) is 3.25. The Labute approximate surface area is 170 Å². The number of nitrogens with zero attached hydrogens (tertiary/aromatic N) is 3. The van der Waals surface area contributed by atoms with Crippen molar-refractivity contribution < 1.29 is 18.9 Å². The van der Waals surface area contributed by atoms with Gasteiger partial charge in [-0.1, -0.05) is 12.1 Å². The lowest BCUT2D eigenvalue weighted by molar-refractivity contribution is -0.383. The Balaban J connectivity index is 1.74. The Bertz CT molecular complexity index is 1060. The standard InChI is InChI=1S/C16H12BrN7O5/c17-10-5-2-1-4-9(10)15(25)22-20-13-12(24(27)28)14(19-8-18-13)21-23-16(26)11-6-3-7-29-11/h1-8H,(H,22,25)(H,23,26)(H2,18,19,20,21). The molecule has 13 heteroatoms. The van der Waals surface area contributed by atoms with Gasteiger partial charge in [-0.2, -0.15) is 0 Å². The first kappa shape index (κ1) is 19.8. The van der Waals surface area contributed by atoms with Crippen LogP contribution in [0.2, 0.25) is 0 Å². The van der Waals surface area contributed by atoms with Crippen LogP contribution in [0.5, 0.6) is 0 Å². The van der Waals surface area contributed by atoms with Gasteiger partial charge >= 0.3 is 11.6 Å². The number of benzene rings is 1. The summed E-state index contributed by atoms with van der Waals surface area (Å²) in [4.78, 5) is 42.4. The zero-order valence-electron chi connectivity index (χ0n) is 14.4. The molecule has 0 aliphatic heterocycles. The van der Waals surface area contributed by atoms with Gasteiger partial charge in [0.15, 0.2) is 5.76 Å². The van der Waals surface area contributed by atoms with Gasteiger partial charge in [-0.15, -0.1) is 0 Å². The molecule has 148 valence electrons. The van der Waals surface area contributed by atoms with Crippen LogP contribution >= 0.6 is 15.9 Å². The number of hydrazine groups is 2. The molecular weight excluding hydrogens is 450 g/mol. The van der Waals surface area contributed by atoms with E-state index < -0.39 is 22.4 Å². The molecule has 3 rings (SSSR count). The van der Waals surface area contributed by atoms with E-state index in [1.165, 1.54) is 18.4 Å². The Morgan fingerprint density at radius 2 is 1.66 bits per heavy atom. The first-order valence-electron chi connectivity index (χ1n) is 7.87. The quantitative estimate of drug-likeness (QED) is 0.304. The molecule has 29 heavy (non-hydrogen) atoms. The van der Waals surface area contributed by atoms with Crippen molar-refractivity contribution in [3.8, 4) is 0 Å². The summed E-state index contributed by atoms with van der Waals surface area (Å²) in [5, 5.41) is 11.5. The van der Waals surface area contributed by atoms with Gasteiger partial charge in [0.1, 0.15) is 6.33 Å². The summed E-state index contributed by atoms with van der Waals surface area (Å²) in [5.41, 5.74) is 8.98. The van der Waals surface area contributed by atoms with Gasteiger partial charge in [-0.3, -0.25) is 41.4 Å². The van der Waals surface area contributed by atoms with Gasteiger partial charge in [0.05, 0.1) is 16.7 Å². The molecule has 0 saturated heterocycles. The van der Waals surface area contributed by atoms with E-state index in [-0.39, 0.29) is 17.4 Å². The number of aromatic nitrogens is 2. The SMILES string of the molecule is O=C(NNc1ncnc(NNC(=O)c2ccccc2Br)c1[N+](=O)[O-])c1ccco1. The van der Waals surface area contributed by atoms with Crippen LogP contribution in [0.1, 0.15) is 20.9 Å². The number of carbonyl (C=O) groups is 2. The molecule has 0 aliphatic rings. The number of carbonyl (C=O) groups excluding carboxylic acids is 2. The largest absolute Gasteiger partial charge is 0.459 e. The molecule has 2 amide bonds. The zero-order valence-corrected chi connectivity index (χ0v) is 16.0.